The molecule has 1 aromatic heterocycles. The van der Waals surface area contributed by atoms with Gasteiger partial charge in [-0.25, -0.2) is 0 Å². The zero-order valence-electron chi connectivity index (χ0n) is 8.30. The van der Waals surface area contributed by atoms with Gasteiger partial charge in [0, 0.05) is 18.3 Å². The van der Waals surface area contributed by atoms with Crippen LogP contribution < -0.4 is 5.32 Å². The molecule has 0 amide bonds. The van der Waals surface area contributed by atoms with E-state index in [4.69, 9.17) is 0 Å². The molecule has 0 radical (unpaired) electrons. The van der Waals surface area contributed by atoms with Crippen molar-refractivity contribution >= 4 is 0 Å². The lowest BCUT2D eigenvalue weighted by molar-refractivity contribution is 0.672. The maximum atomic E-state index is 4.51. The van der Waals surface area contributed by atoms with Crippen LogP contribution in [-0.2, 0) is 6.54 Å². The largest absolute Gasteiger partial charge is 0.308 e. The van der Waals surface area contributed by atoms with Crippen molar-refractivity contribution in [2.24, 2.45) is 0 Å². The van der Waals surface area contributed by atoms with Gasteiger partial charge < -0.3 is 5.32 Å². The van der Waals surface area contributed by atoms with Crippen molar-refractivity contribution in [3.63, 3.8) is 0 Å². The summed E-state index contributed by atoms with van der Waals surface area (Å²) < 4.78 is 0. The van der Waals surface area contributed by atoms with Crippen LogP contribution in [0.5, 0.6) is 0 Å². The van der Waals surface area contributed by atoms with Gasteiger partial charge in [0.25, 0.3) is 0 Å². The Labute approximate surface area is 79.4 Å². The average molecular weight is 176 g/mol. The number of nitrogens with zero attached hydrogens (tertiary/aromatic N) is 1. The molecule has 0 bridgehead atoms. The summed E-state index contributed by atoms with van der Waals surface area (Å²) in [7, 11) is 0. The summed E-state index contributed by atoms with van der Waals surface area (Å²) in [6.45, 7) is 5.09. The standard InChI is InChI=1S/C11H16N2/c1-8-3-4-11(13-9(8)2)7-12-10-5-6-10/h3-4,10,12H,5-7H2,1-2H3. The third-order valence-electron chi connectivity index (χ3n) is 2.56. The zero-order chi connectivity index (χ0) is 9.26. The minimum absolute atomic E-state index is 0.767. The van der Waals surface area contributed by atoms with Gasteiger partial charge >= 0.3 is 0 Å². The Morgan fingerprint density at radius 1 is 1.38 bits per heavy atom. The van der Waals surface area contributed by atoms with Crippen LogP contribution in [0.25, 0.3) is 0 Å². The van der Waals surface area contributed by atoms with Crippen LogP contribution >= 0.6 is 0 Å². The second-order valence-corrected chi connectivity index (χ2v) is 3.86. The smallest absolute Gasteiger partial charge is 0.0545 e. The second kappa shape index (κ2) is 3.46. The summed E-state index contributed by atoms with van der Waals surface area (Å²) in [4.78, 5) is 4.51. The molecular weight excluding hydrogens is 160 g/mol. The first-order valence-electron chi connectivity index (χ1n) is 4.92. The zero-order valence-corrected chi connectivity index (χ0v) is 8.30. The Bertz CT molecular complexity index is 303. The molecule has 70 valence electrons. The highest BCUT2D eigenvalue weighted by atomic mass is 15.0. The Kier molecular flexibility index (Phi) is 2.32. The molecule has 1 fully saturated rings. The minimum atomic E-state index is 0.767. The van der Waals surface area contributed by atoms with Gasteiger partial charge in [0.05, 0.1) is 5.69 Å². The number of aryl methyl sites for hydroxylation is 2. The first kappa shape index (κ1) is 8.70. The van der Waals surface area contributed by atoms with Crippen molar-refractivity contribution in [3.05, 3.63) is 29.1 Å². The van der Waals surface area contributed by atoms with Crippen molar-refractivity contribution in [2.45, 2.75) is 39.3 Å². The summed E-state index contributed by atoms with van der Waals surface area (Å²) >= 11 is 0. The number of nitrogens with one attached hydrogen (secondary N) is 1. The van der Waals surface area contributed by atoms with Crippen molar-refractivity contribution in [3.8, 4) is 0 Å². The van der Waals surface area contributed by atoms with E-state index < -0.39 is 0 Å². The van der Waals surface area contributed by atoms with E-state index in [9.17, 15) is 0 Å². The topological polar surface area (TPSA) is 24.9 Å². The molecule has 0 spiro atoms. The van der Waals surface area contributed by atoms with Crippen LogP contribution in [0.2, 0.25) is 0 Å². The van der Waals surface area contributed by atoms with E-state index in [1.54, 1.807) is 0 Å². The monoisotopic (exact) mass is 176 g/mol. The van der Waals surface area contributed by atoms with Crippen molar-refractivity contribution in [2.75, 3.05) is 0 Å². The molecule has 1 aliphatic carbocycles. The maximum Gasteiger partial charge on any atom is 0.0545 e. The van der Waals surface area contributed by atoms with Crippen LogP contribution in [-0.4, -0.2) is 11.0 Å². The predicted octanol–water partition coefficient (Wildman–Crippen LogP) is 1.95. The van der Waals surface area contributed by atoms with E-state index in [-0.39, 0.29) is 0 Å². The molecule has 1 heterocycles. The summed E-state index contributed by atoms with van der Waals surface area (Å²) in [5.74, 6) is 0. The Morgan fingerprint density at radius 2 is 2.15 bits per heavy atom. The van der Waals surface area contributed by atoms with E-state index in [0.717, 1.165) is 24.0 Å². The number of hydrogen-bond acceptors (Lipinski definition) is 2. The first-order chi connectivity index (χ1) is 6.25. The molecule has 2 heteroatoms. The van der Waals surface area contributed by atoms with Gasteiger partial charge in [-0.15, -0.1) is 0 Å². The SMILES string of the molecule is Cc1ccc(CNC2CC2)nc1C. The van der Waals surface area contributed by atoms with E-state index in [0.29, 0.717) is 0 Å². The maximum absolute atomic E-state index is 4.51. The molecule has 0 unspecified atom stereocenters. The predicted molar refractivity (Wildman–Crippen MR) is 53.6 cm³/mol. The fraction of sp³-hybridized carbons (Fsp3) is 0.545. The molecule has 0 aliphatic heterocycles. The lowest BCUT2D eigenvalue weighted by Gasteiger charge is -2.04. The van der Waals surface area contributed by atoms with Gasteiger partial charge in [-0.1, -0.05) is 6.07 Å². The number of aromatic nitrogens is 1. The number of hydrogen-bond donors (Lipinski definition) is 1. The molecule has 1 saturated carbocycles. The third kappa shape index (κ3) is 2.28. The van der Waals surface area contributed by atoms with E-state index in [1.807, 2.05) is 0 Å². The van der Waals surface area contributed by atoms with Gasteiger partial charge in [-0.3, -0.25) is 4.98 Å². The lowest BCUT2D eigenvalue weighted by Crippen LogP contribution is -2.16. The highest BCUT2D eigenvalue weighted by Crippen LogP contribution is 2.19. The minimum Gasteiger partial charge on any atom is -0.308 e. The molecule has 2 nitrogen and oxygen atoms in total. The third-order valence-corrected chi connectivity index (χ3v) is 2.56. The summed E-state index contributed by atoms with van der Waals surface area (Å²) in [5.41, 5.74) is 3.58. The normalized spacial score (nSPS) is 16.2. The van der Waals surface area contributed by atoms with Crippen LogP contribution in [0.15, 0.2) is 12.1 Å². The van der Waals surface area contributed by atoms with Gasteiger partial charge in [0.15, 0.2) is 0 Å². The summed E-state index contributed by atoms with van der Waals surface area (Å²) in [6.07, 6.45) is 2.68. The molecule has 1 aliphatic rings. The molecule has 1 aromatic rings. The van der Waals surface area contributed by atoms with E-state index in [1.165, 1.54) is 18.4 Å². The quantitative estimate of drug-likeness (QED) is 0.761. The highest BCUT2D eigenvalue weighted by molar-refractivity contribution is 5.20. The van der Waals surface area contributed by atoms with E-state index in [2.05, 4.69) is 36.3 Å². The van der Waals surface area contributed by atoms with Gasteiger partial charge in [0.2, 0.25) is 0 Å². The van der Waals surface area contributed by atoms with Crippen LogP contribution in [0.1, 0.15) is 29.8 Å². The van der Waals surface area contributed by atoms with Crippen LogP contribution in [0.3, 0.4) is 0 Å². The summed E-state index contributed by atoms with van der Waals surface area (Å²) in [5, 5.41) is 3.46. The molecule has 0 atom stereocenters. The second-order valence-electron chi connectivity index (χ2n) is 3.86. The van der Waals surface area contributed by atoms with Crippen LogP contribution in [0, 0.1) is 13.8 Å². The molecule has 13 heavy (non-hydrogen) atoms. The van der Waals surface area contributed by atoms with E-state index >= 15 is 0 Å². The fourth-order valence-corrected chi connectivity index (χ4v) is 1.32. The van der Waals surface area contributed by atoms with Crippen LogP contribution in [0.4, 0.5) is 0 Å². The van der Waals surface area contributed by atoms with Gasteiger partial charge in [-0.05, 0) is 38.3 Å². The Morgan fingerprint density at radius 3 is 2.77 bits per heavy atom. The van der Waals surface area contributed by atoms with Crippen molar-refractivity contribution in [1.82, 2.24) is 10.3 Å². The molecular formula is C11H16N2. The average Bonchev–Trinajstić information content (AvgIpc) is 2.91. The van der Waals surface area contributed by atoms with Gasteiger partial charge in [-0.2, -0.15) is 0 Å². The Hall–Kier alpha value is -0.890. The van der Waals surface area contributed by atoms with Crippen molar-refractivity contribution in [1.29, 1.82) is 0 Å². The highest BCUT2D eigenvalue weighted by Gasteiger charge is 2.20. The fourth-order valence-electron chi connectivity index (χ4n) is 1.32. The summed E-state index contributed by atoms with van der Waals surface area (Å²) in [6, 6.07) is 5.02. The van der Waals surface area contributed by atoms with Gasteiger partial charge in [0.1, 0.15) is 0 Å². The number of rotatable bonds is 3. The lowest BCUT2D eigenvalue weighted by atomic mass is 10.2. The molecule has 0 aromatic carbocycles. The van der Waals surface area contributed by atoms with Crippen molar-refractivity contribution < 1.29 is 0 Å². The number of pyridine rings is 1. The molecule has 0 saturated heterocycles. The first-order valence-corrected chi connectivity index (χ1v) is 4.92. The molecule has 2 rings (SSSR count). The Balaban J connectivity index is 1.98. The molecule has 1 N–H and O–H groups in total.